The number of fused-ring (bicyclic) bond motifs is 4. The maximum absolute atomic E-state index is 15.4. The Balaban J connectivity index is 1.38. The van der Waals surface area contributed by atoms with Crippen LogP contribution in [0.25, 0.3) is 22.0 Å². The van der Waals surface area contributed by atoms with Gasteiger partial charge >= 0.3 is 0 Å². The first kappa shape index (κ1) is 37.9. The number of anilines is 1. The van der Waals surface area contributed by atoms with Gasteiger partial charge in [0.05, 0.1) is 27.7 Å². The monoisotopic (exact) mass is 783 g/mol. The Morgan fingerprint density at radius 3 is 2.42 bits per heavy atom. The van der Waals surface area contributed by atoms with E-state index in [1.807, 2.05) is 0 Å². The van der Waals surface area contributed by atoms with Crippen LogP contribution in [0.1, 0.15) is 79.5 Å². The zero-order valence-corrected chi connectivity index (χ0v) is 30.4. The van der Waals surface area contributed by atoms with Crippen molar-refractivity contribution in [2.45, 2.75) is 70.1 Å². The van der Waals surface area contributed by atoms with E-state index in [0.717, 1.165) is 12.1 Å². The van der Waals surface area contributed by atoms with E-state index in [2.05, 4.69) is 32.7 Å². The largest absolute Gasteiger partial charge is 0.378 e. The molecule has 2 aliphatic rings. The van der Waals surface area contributed by atoms with Crippen molar-refractivity contribution in [2.75, 3.05) is 5.32 Å². The first-order chi connectivity index (χ1) is 25.8. The molecule has 0 radical (unpaired) electrons. The van der Waals surface area contributed by atoms with Crippen molar-refractivity contribution in [1.82, 2.24) is 29.9 Å². The number of alkyl halides is 4. The molecule has 3 unspecified atom stereocenters. The van der Waals surface area contributed by atoms with Crippen molar-refractivity contribution in [3.8, 4) is 23.0 Å². The van der Waals surface area contributed by atoms with E-state index in [4.69, 9.17) is 16.6 Å². The predicted molar refractivity (Wildman–Crippen MR) is 189 cm³/mol. The lowest BCUT2D eigenvalue weighted by molar-refractivity contribution is -0.123. The molecule has 0 bridgehead atoms. The number of pyridine rings is 1. The number of aromatic nitrogens is 5. The summed E-state index contributed by atoms with van der Waals surface area (Å²) in [6, 6.07) is 7.82. The van der Waals surface area contributed by atoms with E-state index in [1.165, 1.54) is 31.5 Å². The van der Waals surface area contributed by atoms with Gasteiger partial charge in [0.1, 0.15) is 40.9 Å². The fraction of sp³-hybridized carbons (Fsp3) is 0.342. The summed E-state index contributed by atoms with van der Waals surface area (Å²) in [4.78, 5) is 30.7. The number of carbonyl (C=O) groups excluding carboxylic acids is 2. The first-order valence-electron chi connectivity index (χ1n) is 17.0. The Morgan fingerprint density at radius 2 is 1.76 bits per heavy atom. The highest BCUT2D eigenvalue weighted by Gasteiger charge is 2.67. The highest BCUT2D eigenvalue weighted by molar-refractivity contribution is 6.37. The highest BCUT2D eigenvalue weighted by atomic mass is 35.5. The molecule has 3 aromatic heterocycles. The summed E-state index contributed by atoms with van der Waals surface area (Å²) in [6.45, 7) is 3.31. The summed E-state index contributed by atoms with van der Waals surface area (Å²) in [5.41, 5.74) is -1.76. The van der Waals surface area contributed by atoms with Crippen LogP contribution in [0.15, 0.2) is 42.5 Å². The second-order valence-corrected chi connectivity index (χ2v) is 14.6. The third kappa shape index (κ3) is 7.26. The topological polar surface area (TPSA) is 127 Å². The van der Waals surface area contributed by atoms with Gasteiger partial charge in [-0.1, -0.05) is 23.6 Å². The van der Waals surface area contributed by atoms with Gasteiger partial charge in [-0.25, -0.2) is 22.5 Å². The van der Waals surface area contributed by atoms with Crippen molar-refractivity contribution in [2.24, 2.45) is 13.0 Å². The molecule has 0 aliphatic heterocycles. The minimum atomic E-state index is -3.49. The number of aliphatic hydroxyl groups is 1. The summed E-state index contributed by atoms with van der Waals surface area (Å²) >= 11 is 6.61. The third-order valence-corrected chi connectivity index (χ3v) is 9.75. The molecular weight excluding hydrogens is 752 g/mol. The first-order valence-corrected chi connectivity index (χ1v) is 17.4. The van der Waals surface area contributed by atoms with Crippen LogP contribution in [0.3, 0.4) is 0 Å². The van der Waals surface area contributed by atoms with Gasteiger partial charge in [-0.2, -0.15) is 19.0 Å². The van der Waals surface area contributed by atoms with E-state index in [0.29, 0.717) is 32.8 Å². The Labute approximate surface area is 314 Å². The Kier molecular flexibility index (Phi) is 9.45. The standard InChI is InChI=1S/C38H32ClF6N7O3/c1-17(53)46-36-30-26(39)8-7-23(33(30)51(4)50-36)22-6-5-21(9-10-37(2,3)55)47-31(22)27(13-18-11-19(40)14-20(41)12-18)48-28(54)16-52-34-29(32(49-52)35(42)43)24-15-25(24)38(34,44)45/h5-8,11-12,14,24-25,27,35,55H,13,15-16H2,1-4H3,(H,48,54)(H,46,50,53). The molecule has 3 heterocycles. The molecule has 0 saturated heterocycles. The van der Waals surface area contributed by atoms with Gasteiger partial charge in [0, 0.05) is 42.6 Å². The molecule has 286 valence electrons. The van der Waals surface area contributed by atoms with Crippen molar-refractivity contribution >= 4 is 40.1 Å². The van der Waals surface area contributed by atoms with E-state index >= 15 is 8.78 Å². The zero-order valence-electron chi connectivity index (χ0n) is 29.6. The Bertz CT molecular complexity index is 2440. The predicted octanol–water partition coefficient (Wildman–Crippen LogP) is 7.09. The van der Waals surface area contributed by atoms with Crippen molar-refractivity contribution in [3.05, 3.63) is 93.0 Å². The van der Waals surface area contributed by atoms with Gasteiger partial charge in [0.2, 0.25) is 11.8 Å². The summed E-state index contributed by atoms with van der Waals surface area (Å²) < 4.78 is 89.9. The number of nitrogens with one attached hydrogen (secondary N) is 2. The van der Waals surface area contributed by atoms with E-state index in [-0.39, 0.29) is 46.2 Å². The molecule has 17 heteroatoms. The maximum atomic E-state index is 15.4. The van der Waals surface area contributed by atoms with Crippen LogP contribution in [-0.4, -0.2) is 47.1 Å². The summed E-state index contributed by atoms with van der Waals surface area (Å²) in [7, 11) is 1.61. The Morgan fingerprint density at radius 1 is 1.07 bits per heavy atom. The molecule has 0 spiro atoms. The van der Waals surface area contributed by atoms with Gasteiger partial charge < -0.3 is 15.7 Å². The van der Waals surface area contributed by atoms with Crippen molar-refractivity contribution in [1.29, 1.82) is 0 Å². The smallest absolute Gasteiger partial charge is 0.293 e. The average Bonchev–Trinajstić information content (AvgIpc) is 3.62. The van der Waals surface area contributed by atoms with Crippen LogP contribution >= 0.6 is 11.6 Å². The van der Waals surface area contributed by atoms with Crippen LogP contribution < -0.4 is 10.6 Å². The molecule has 7 rings (SSSR count). The van der Waals surface area contributed by atoms with Crippen LogP contribution in [0.4, 0.5) is 32.2 Å². The highest BCUT2D eigenvalue weighted by Crippen LogP contribution is 2.68. The molecule has 3 atom stereocenters. The number of amides is 2. The lowest BCUT2D eigenvalue weighted by Crippen LogP contribution is -2.35. The lowest BCUT2D eigenvalue weighted by atomic mass is 9.93. The fourth-order valence-electron chi connectivity index (χ4n) is 7.24. The molecule has 2 aliphatic carbocycles. The fourth-order valence-corrected chi connectivity index (χ4v) is 7.48. The average molecular weight is 784 g/mol. The zero-order chi connectivity index (χ0) is 39.7. The number of aryl methyl sites for hydroxylation is 1. The van der Waals surface area contributed by atoms with Gasteiger partial charge in [-0.05, 0) is 74.4 Å². The van der Waals surface area contributed by atoms with E-state index < -0.39 is 77.2 Å². The number of nitrogens with zero attached hydrogens (tertiary/aromatic N) is 5. The van der Waals surface area contributed by atoms with Crippen molar-refractivity contribution in [3.63, 3.8) is 0 Å². The minimum Gasteiger partial charge on any atom is -0.378 e. The number of carbonyl (C=O) groups is 2. The van der Waals surface area contributed by atoms with Crippen LogP contribution in [0.5, 0.6) is 0 Å². The second kappa shape index (κ2) is 13.7. The molecular formula is C38H32ClF6N7O3. The van der Waals surface area contributed by atoms with E-state index in [1.54, 1.807) is 25.2 Å². The molecule has 5 aromatic rings. The number of halogens is 7. The molecule has 2 amide bonds. The van der Waals surface area contributed by atoms with Gasteiger partial charge in [-0.3, -0.25) is 19.0 Å². The normalized spacial score (nSPS) is 17.4. The van der Waals surface area contributed by atoms with Gasteiger partial charge in [-0.15, -0.1) is 0 Å². The molecule has 55 heavy (non-hydrogen) atoms. The van der Waals surface area contributed by atoms with Crippen molar-refractivity contribution < 1.29 is 41.0 Å². The number of hydrogen-bond acceptors (Lipinski definition) is 6. The van der Waals surface area contributed by atoms with Crippen LogP contribution in [0, 0.1) is 29.4 Å². The minimum absolute atomic E-state index is 0.0337. The summed E-state index contributed by atoms with van der Waals surface area (Å²) in [5.74, 6) is -3.01. The second-order valence-electron chi connectivity index (χ2n) is 14.2. The van der Waals surface area contributed by atoms with Crippen LogP contribution in [0.2, 0.25) is 5.02 Å². The Hall–Kier alpha value is -5.40. The van der Waals surface area contributed by atoms with Gasteiger partial charge in [0.25, 0.3) is 12.3 Å². The maximum Gasteiger partial charge on any atom is 0.293 e. The van der Waals surface area contributed by atoms with Gasteiger partial charge in [0.15, 0.2) is 5.82 Å². The lowest BCUT2D eigenvalue weighted by Gasteiger charge is -2.23. The quantitative estimate of drug-likeness (QED) is 0.108. The number of hydrogen-bond donors (Lipinski definition) is 3. The SMILES string of the molecule is CC(=O)Nc1nn(C)c2c(-c3ccc(C#CC(C)(C)O)nc3C(Cc3cc(F)cc(F)c3)NC(=O)Cn3nc(C(F)F)c4c3C(F)(F)C3CC43)ccc(Cl)c12. The molecule has 1 fully saturated rings. The number of benzene rings is 2. The van der Waals surface area contributed by atoms with E-state index in [9.17, 15) is 32.3 Å². The summed E-state index contributed by atoms with van der Waals surface area (Å²) in [5, 5.41) is 24.4. The molecule has 10 nitrogen and oxygen atoms in total. The summed E-state index contributed by atoms with van der Waals surface area (Å²) in [6.07, 6.45) is -3.42. The number of rotatable bonds is 9. The molecule has 3 N–H and O–H groups in total. The molecule has 2 aromatic carbocycles. The van der Waals surface area contributed by atoms with Crippen LogP contribution in [-0.2, 0) is 35.5 Å². The third-order valence-electron chi connectivity index (χ3n) is 9.43. The molecule has 1 saturated carbocycles.